The lowest BCUT2D eigenvalue weighted by atomic mass is 9.75. The molecular formula is C20H32N2O2. The summed E-state index contributed by atoms with van der Waals surface area (Å²) in [4.78, 5) is 27.6. The minimum absolute atomic E-state index is 0.0257. The molecule has 2 aliphatic rings. The number of allylic oxidation sites excluding steroid dienone is 1. The maximum atomic E-state index is 12.3. The summed E-state index contributed by atoms with van der Waals surface area (Å²) in [6.45, 7) is 13.3. The van der Waals surface area contributed by atoms with Gasteiger partial charge < -0.3 is 9.80 Å². The van der Waals surface area contributed by atoms with Crippen molar-refractivity contribution in [1.29, 1.82) is 0 Å². The number of hydrogen-bond donors (Lipinski definition) is 0. The van der Waals surface area contributed by atoms with Gasteiger partial charge in [-0.05, 0) is 43.1 Å². The Hall–Kier alpha value is -1.58. The van der Waals surface area contributed by atoms with Crippen LogP contribution in [-0.2, 0) is 9.59 Å². The summed E-state index contributed by atoms with van der Waals surface area (Å²) in [5.74, 6) is 1.05. The molecule has 0 aromatic carbocycles. The third kappa shape index (κ3) is 4.96. The molecule has 0 unspecified atom stereocenters. The molecule has 0 atom stereocenters. The fourth-order valence-electron chi connectivity index (χ4n) is 3.62. The zero-order chi connectivity index (χ0) is 17.7. The minimum atomic E-state index is 0.0257. The molecule has 2 aliphatic heterocycles. The number of carbonyl (C=O) groups excluding carboxylic acids is 2. The van der Waals surface area contributed by atoms with Gasteiger partial charge in [-0.2, -0.15) is 0 Å². The van der Waals surface area contributed by atoms with Gasteiger partial charge in [0.1, 0.15) is 0 Å². The van der Waals surface area contributed by atoms with E-state index in [0.29, 0.717) is 24.3 Å². The molecule has 2 heterocycles. The first kappa shape index (κ1) is 18.8. The topological polar surface area (TPSA) is 40.6 Å². The first-order valence-electron chi connectivity index (χ1n) is 9.25. The lowest BCUT2D eigenvalue weighted by Gasteiger charge is -2.38. The molecule has 0 spiro atoms. The van der Waals surface area contributed by atoms with Crippen LogP contribution in [0.3, 0.4) is 0 Å². The molecule has 4 nitrogen and oxygen atoms in total. The van der Waals surface area contributed by atoms with Crippen molar-refractivity contribution in [3.05, 3.63) is 24.4 Å². The molecule has 0 N–H and O–H groups in total. The molecule has 0 aliphatic carbocycles. The fraction of sp³-hybridized carbons (Fsp3) is 0.700. The Labute approximate surface area is 146 Å². The highest BCUT2D eigenvalue weighted by Crippen LogP contribution is 2.34. The first-order valence-corrected chi connectivity index (χ1v) is 9.25. The van der Waals surface area contributed by atoms with Crippen LogP contribution in [0.25, 0.3) is 0 Å². The number of hydrogen-bond acceptors (Lipinski definition) is 2. The van der Waals surface area contributed by atoms with E-state index in [1.807, 2.05) is 4.90 Å². The maximum Gasteiger partial charge on any atom is 0.251 e. The molecule has 0 aromatic rings. The van der Waals surface area contributed by atoms with Crippen LogP contribution in [0.4, 0.5) is 0 Å². The Morgan fingerprint density at radius 3 is 2.38 bits per heavy atom. The third-order valence-corrected chi connectivity index (χ3v) is 5.38. The highest BCUT2D eigenvalue weighted by atomic mass is 16.2. The van der Waals surface area contributed by atoms with Crippen LogP contribution in [0.1, 0.15) is 59.3 Å². The average molecular weight is 332 g/mol. The Kier molecular flexibility index (Phi) is 6.25. The third-order valence-electron chi connectivity index (χ3n) is 5.38. The van der Waals surface area contributed by atoms with Crippen LogP contribution in [0.5, 0.6) is 0 Å². The van der Waals surface area contributed by atoms with Gasteiger partial charge in [-0.3, -0.25) is 9.59 Å². The number of piperidine rings is 1. The van der Waals surface area contributed by atoms with Crippen molar-refractivity contribution < 1.29 is 9.59 Å². The number of rotatable bonds is 6. The summed E-state index contributed by atoms with van der Waals surface area (Å²) in [5.41, 5.74) is 1.12. The Morgan fingerprint density at radius 1 is 1.17 bits per heavy atom. The van der Waals surface area contributed by atoms with Crippen molar-refractivity contribution >= 4 is 11.8 Å². The fourth-order valence-corrected chi connectivity index (χ4v) is 3.62. The van der Waals surface area contributed by atoms with E-state index in [-0.39, 0.29) is 5.91 Å². The Morgan fingerprint density at radius 2 is 1.83 bits per heavy atom. The van der Waals surface area contributed by atoms with Crippen LogP contribution in [0, 0.1) is 11.3 Å². The highest BCUT2D eigenvalue weighted by molar-refractivity contribution is 5.92. The monoisotopic (exact) mass is 332 g/mol. The van der Waals surface area contributed by atoms with E-state index in [1.165, 1.54) is 0 Å². The molecule has 4 heteroatoms. The number of carbonyl (C=O) groups is 2. The SMILES string of the molecule is C=C1C=CC(=O)N1CCCCCC(=O)N1CCC(C(C)(C)C)CC1. The van der Waals surface area contributed by atoms with Crippen LogP contribution in [-0.4, -0.2) is 41.2 Å². The zero-order valence-electron chi connectivity index (χ0n) is 15.5. The number of likely N-dealkylation sites (tertiary alicyclic amines) is 1. The second-order valence-corrected chi connectivity index (χ2v) is 8.15. The van der Waals surface area contributed by atoms with Crippen LogP contribution < -0.4 is 0 Å². The Bertz CT molecular complexity index is 490. The van der Waals surface area contributed by atoms with Gasteiger partial charge in [0, 0.05) is 37.8 Å². The van der Waals surface area contributed by atoms with Gasteiger partial charge in [-0.15, -0.1) is 0 Å². The molecule has 0 saturated carbocycles. The second kappa shape index (κ2) is 8.00. The van der Waals surface area contributed by atoms with Crippen LogP contribution in [0.2, 0.25) is 0 Å². The molecule has 134 valence electrons. The molecule has 1 fully saturated rings. The molecule has 0 bridgehead atoms. The Balaban J connectivity index is 1.59. The molecule has 0 radical (unpaired) electrons. The van der Waals surface area contributed by atoms with Crippen molar-refractivity contribution in [3.8, 4) is 0 Å². The first-order chi connectivity index (χ1) is 11.3. The molecular weight excluding hydrogens is 300 g/mol. The average Bonchev–Trinajstić information content (AvgIpc) is 2.85. The summed E-state index contributed by atoms with van der Waals surface area (Å²) in [6, 6.07) is 0. The van der Waals surface area contributed by atoms with Gasteiger partial charge in [0.25, 0.3) is 5.91 Å². The van der Waals surface area contributed by atoms with Crippen LogP contribution >= 0.6 is 0 Å². The predicted octanol–water partition coefficient (Wildman–Crippen LogP) is 3.74. The molecule has 1 saturated heterocycles. The van der Waals surface area contributed by atoms with Crippen molar-refractivity contribution in [1.82, 2.24) is 9.80 Å². The normalized spacial score (nSPS) is 19.5. The highest BCUT2D eigenvalue weighted by Gasteiger charge is 2.30. The lowest BCUT2D eigenvalue weighted by molar-refractivity contribution is -0.133. The lowest BCUT2D eigenvalue weighted by Crippen LogP contribution is -2.41. The largest absolute Gasteiger partial charge is 0.343 e. The van der Waals surface area contributed by atoms with Gasteiger partial charge in [0.15, 0.2) is 0 Å². The van der Waals surface area contributed by atoms with Crippen LogP contribution in [0.15, 0.2) is 24.4 Å². The molecule has 2 amide bonds. The smallest absolute Gasteiger partial charge is 0.251 e. The van der Waals surface area contributed by atoms with E-state index >= 15 is 0 Å². The van der Waals surface area contributed by atoms with E-state index in [2.05, 4.69) is 27.4 Å². The van der Waals surface area contributed by atoms with Crippen molar-refractivity contribution in [2.75, 3.05) is 19.6 Å². The summed E-state index contributed by atoms with van der Waals surface area (Å²) in [6.07, 6.45) is 9.00. The summed E-state index contributed by atoms with van der Waals surface area (Å²) in [7, 11) is 0. The molecule has 24 heavy (non-hydrogen) atoms. The summed E-state index contributed by atoms with van der Waals surface area (Å²) in [5, 5.41) is 0. The van der Waals surface area contributed by atoms with Gasteiger partial charge >= 0.3 is 0 Å². The number of unbranched alkanes of at least 4 members (excludes halogenated alkanes) is 2. The van der Waals surface area contributed by atoms with E-state index < -0.39 is 0 Å². The standard InChI is InChI=1S/C20H32N2O2/c1-16-9-10-19(24)22(16)13-7-5-6-8-18(23)21-14-11-17(12-15-21)20(2,3)4/h9-10,17H,1,5-8,11-15H2,2-4H3. The van der Waals surface area contributed by atoms with Crippen molar-refractivity contribution in [2.45, 2.75) is 59.3 Å². The number of nitrogens with zero attached hydrogens (tertiary/aromatic N) is 2. The van der Waals surface area contributed by atoms with Gasteiger partial charge in [0.05, 0.1) is 0 Å². The predicted molar refractivity (Wildman–Crippen MR) is 97.2 cm³/mol. The summed E-state index contributed by atoms with van der Waals surface area (Å²) < 4.78 is 0. The minimum Gasteiger partial charge on any atom is -0.343 e. The van der Waals surface area contributed by atoms with E-state index in [4.69, 9.17) is 0 Å². The maximum absolute atomic E-state index is 12.3. The van der Waals surface area contributed by atoms with Crippen molar-refractivity contribution in [3.63, 3.8) is 0 Å². The molecule has 0 aromatic heterocycles. The van der Waals surface area contributed by atoms with Gasteiger partial charge in [-0.1, -0.05) is 33.8 Å². The second-order valence-electron chi connectivity index (χ2n) is 8.15. The van der Waals surface area contributed by atoms with E-state index in [0.717, 1.165) is 56.8 Å². The quantitative estimate of drug-likeness (QED) is 0.695. The zero-order valence-corrected chi connectivity index (χ0v) is 15.5. The molecule has 2 rings (SSSR count). The van der Waals surface area contributed by atoms with Gasteiger partial charge in [0.2, 0.25) is 5.91 Å². The summed E-state index contributed by atoms with van der Waals surface area (Å²) >= 11 is 0. The van der Waals surface area contributed by atoms with Crippen molar-refractivity contribution in [2.24, 2.45) is 11.3 Å². The van der Waals surface area contributed by atoms with Gasteiger partial charge in [-0.25, -0.2) is 0 Å². The number of amides is 2. The van der Waals surface area contributed by atoms with E-state index in [1.54, 1.807) is 17.1 Å². The van der Waals surface area contributed by atoms with E-state index in [9.17, 15) is 9.59 Å².